The number of nitrogens with zero attached hydrogens (tertiary/aromatic N) is 1. The molecule has 0 N–H and O–H groups in total. The smallest absolute Gasteiger partial charge is 0.306 e. The lowest BCUT2D eigenvalue weighted by Crippen LogP contribution is -2.44. The fourth-order valence-corrected chi connectivity index (χ4v) is 3.40. The fourth-order valence-electron chi connectivity index (χ4n) is 3.25. The van der Waals surface area contributed by atoms with E-state index in [0.29, 0.717) is 12.1 Å². The molecular weight excluding hydrogens is 303 g/mol. The van der Waals surface area contributed by atoms with Crippen LogP contribution in [0.5, 0.6) is 0 Å². The van der Waals surface area contributed by atoms with Gasteiger partial charge in [0.1, 0.15) is 12.4 Å². The number of alkyl halides is 4. The second-order valence-corrected chi connectivity index (χ2v) is 7.47. The maximum absolute atomic E-state index is 12.8. The maximum atomic E-state index is 12.8. The number of rotatable bonds is 3. The van der Waals surface area contributed by atoms with E-state index in [4.69, 9.17) is 11.6 Å². The first-order valence-corrected chi connectivity index (χ1v) is 7.46. The Kier molecular flexibility index (Phi) is 5.09. The Hall–Kier alpha value is -0.710. The number of amides is 1. The summed E-state index contributed by atoms with van der Waals surface area (Å²) < 4.78 is 38.4. The Balaban J connectivity index is 3.30. The molecule has 0 spiro atoms. The molecule has 6 heteroatoms. The summed E-state index contributed by atoms with van der Waals surface area (Å²) in [6.45, 7) is 8.56. The summed E-state index contributed by atoms with van der Waals surface area (Å²) >= 11 is 5.50. The average Bonchev–Trinajstić information content (AvgIpc) is 2.27. The predicted octanol–water partition coefficient (Wildman–Crippen LogP) is 4.74. The van der Waals surface area contributed by atoms with Crippen LogP contribution in [0.3, 0.4) is 0 Å². The van der Waals surface area contributed by atoms with Crippen LogP contribution in [0.2, 0.25) is 0 Å². The molecule has 0 bridgehead atoms. The molecule has 0 aromatic heterocycles. The van der Waals surface area contributed by atoms with Gasteiger partial charge in [0.2, 0.25) is 5.91 Å². The lowest BCUT2D eigenvalue weighted by atomic mass is 9.64. The van der Waals surface area contributed by atoms with Crippen molar-refractivity contribution in [2.24, 2.45) is 10.8 Å². The highest BCUT2D eigenvalue weighted by Crippen LogP contribution is 2.49. The topological polar surface area (TPSA) is 20.3 Å². The van der Waals surface area contributed by atoms with Crippen LogP contribution in [-0.2, 0) is 4.79 Å². The first-order valence-electron chi connectivity index (χ1n) is 6.92. The molecular formula is C15H23ClF3NO. The molecule has 122 valence electrons. The summed E-state index contributed by atoms with van der Waals surface area (Å²) in [5.74, 6) is -1.15. The molecule has 1 aliphatic rings. The minimum atomic E-state index is -4.44. The van der Waals surface area contributed by atoms with Crippen molar-refractivity contribution in [1.82, 2.24) is 4.90 Å². The molecule has 0 aliphatic heterocycles. The van der Waals surface area contributed by atoms with Crippen LogP contribution in [0.1, 0.15) is 47.5 Å². The minimum Gasteiger partial charge on any atom is -0.306 e. The van der Waals surface area contributed by atoms with Crippen molar-refractivity contribution in [3.8, 4) is 0 Å². The van der Waals surface area contributed by atoms with Gasteiger partial charge in [0, 0.05) is 5.70 Å². The molecule has 0 fully saturated rings. The number of carbonyl (C=O) groups excluding carboxylic acids is 1. The van der Waals surface area contributed by atoms with Crippen LogP contribution < -0.4 is 0 Å². The van der Waals surface area contributed by atoms with Crippen LogP contribution in [0, 0.1) is 10.8 Å². The van der Waals surface area contributed by atoms with Crippen molar-refractivity contribution in [3.05, 3.63) is 11.3 Å². The first kappa shape index (κ1) is 18.3. The normalized spacial score (nSPS) is 21.4. The standard InChI is InChI=1S/C15H23ClF3NO/c1-10-11(6-13(2,3)8-14(10,4)5)20(12(21)7-16)9-15(17,18)19/h6-9H2,1-5H3. The van der Waals surface area contributed by atoms with Crippen molar-refractivity contribution in [2.75, 3.05) is 12.4 Å². The van der Waals surface area contributed by atoms with Gasteiger partial charge in [-0.25, -0.2) is 0 Å². The van der Waals surface area contributed by atoms with E-state index >= 15 is 0 Å². The third-order valence-corrected chi connectivity index (χ3v) is 4.32. The summed E-state index contributed by atoms with van der Waals surface area (Å²) in [5, 5.41) is 0. The van der Waals surface area contributed by atoms with Crippen molar-refractivity contribution >= 4 is 17.5 Å². The molecule has 0 saturated heterocycles. The van der Waals surface area contributed by atoms with Crippen molar-refractivity contribution in [1.29, 1.82) is 0 Å². The van der Waals surface area contributed by atoms with Crippen LogP contribution >= 0.6 is 11.6 Å². The maximum Gasteiger partial charge on any atom is 0.406 e. The van der Waals surface area contributed by atoms with Gasteiger partial charge < -0.3 is 4.90 Å². The summed E-state index contributed by atoms with van der Waals surface area (Å²) in [6.07, 6.45) is -3.13. The van der Waals surface area contributed by atoms with Crippen molar-refractivity contribution in [3.63, 3.8) is 0 Å². The number of carbonyl (C=O) groups is 1. The Morgan fingerprint density at radius 2 is 1.81 bits per heavy atom. The van der Waals surface area contributed by atoms with E-state index in [2.05, 4.69) is 0 Å². The van der Waals surface area contributed by atoms with E-state index in [0.717, 1.165) is 16.9 Å². The lowest BCUT2D eigenvalue weighted by molar-refractivity contribution is -0.156. The molecule has 0 radical (unpaired) electrons. The summed E-state index contributed by atoms with van der Waals surface area (Å²) in [6, 6.07) is 0. The van der Waals surface area contributed by atoms with E-state index in [1.54, 1.807) is 0 Å². The molecule has 0 saturated carbocycles. The van der Waals surface area contributed by atoms with Gasteiger partial charge in [-0.2, -0.15) is 13.2 Å². The minimum absolute atomic E-state index is 0.158. The van der Waals surface area contributed by atoms with Gasteiger partial charge in [-0.1, -0.05) is 27.7 Å². The number of hydrogen-bond acceptors (Lipinski definition) is 1. The summed E-state index contributed by atoms with van der Waals surface area (Å²) in [4.78, 5) is 12.7. The molecule has 1 amide bonds. The molecule has 2 nitrogen and oxygen atoms in total. The number of hydrogen-bond donors (Lipinski definition) is 0. The molecule has 0 aromatic rings. The van der Waals surface area contributed by atoms with Crippen molar-refractivity contribution < 1.29 is 18.0 Å². The monoisotopic (exact) mass is 325 g/mol. The molecule has 1 rings (SSSR count). The van der Waals surface area contributed by atoms with E-state index in [9.17, 15) is 18.0 Å². The second-order valence-electron chi connectivity index (χ2n) is 7.20. The predicted molar refractivity (Wildman–Crippen MR) is 78.0 cm³/mol. The van der Waals surface area contributed by atoms with Gasteiger partial charge in [0.05, 0.1) is 0 Å². The van der Waals surface area contributed by atoms with Crippen LogP contribution in [-0.4, -0.2) is 29.4 Å². The third-order valence-electron chi connectivity index (χ3n) is 4.09. The molecule has 0 atom stereocenters. The lowest BCUT2D eigenvalue weighted by Gasteiger charge is -2.45. The number of halogens is 4. The van der Waals surface area contributed by atoms with E-state index < -0.39 is 24.5 Å². The highest BCUT2D eigenvalue weighted by atomic mass is 35.5. The third kappa shape index (κ3) is 4.63. The zero-order valence-electron chi connectivity index (χ0n) is 13.2. The second kappa shape index (κ2) is 5.82. The highest BCUT2D eigenvalue weighted by Gasteiger charge is 2.42. The van der Waals surface area contributed by atoms with Gasteiger partial charge >= 0.3 is 6.18 Å². The van der Waals surface area contributed by atoms with E-state index in [1.165, 1.54) is 0 Å². The molecule has 0 heterocycles. The average molecular weight is 326 g/mol. The Bertz CT molecular complexity index is 452. The van der Waals surface area contributed by atoms with E-state index in [-0.39, 0.29) is 10.8 Å². The first-order chi connectivity index (χ1) is 9.29. The van der Waals surface area contributed by atoms with Gasteiger partial charge in [0.25, 0.3) is 0 Å². The Labute approximate surface area is 129 Å². The Morgan fingerprint density at radius 1 is 1.29 bits per heavy atom. The largest absolute Gasteiger partial charge is 0.406 e. The van der Waals surface area contributed by atoms with Crippen LogP contribution in [0.25, 0.3) is 0 Å². The fraction of sp³-hybridized carbons (Fsp3) is 0.800. The van der Waals surface area contributed by atoms with Crippen LogP contribution in [0.15, 0.2) is 11.3 Å². The van der Waals surface area contributed by atoms with Crippen molar-refractivity contribution in [2.45, 2.75) is 53.6 Å². The van der Waals surface area contributed by atoms with Gasteiger partial charge in [-0.3, -0.25) is 4.79 Å². The summed E-state index contributed by atoms with van der Waals surface area (Å²) in [7, 11) is 0. The number of allylic oxidation sites excluding steroid dienone is 2. The van der Waals surface area contributed by atoms with Gasteiger partial charge in [-0.05, 0) is 36.2 Å². The van der Waals surface area contributed by atoms with Gasteiger partial charge in [0.15, 0.2) is 0 Å². The van der Waals surface area contributed by atoms with Gasteiger partial charge in [-0.15, -0.1) is 11.6 Å². The van der Waals surface area contributed by atoms with E-state index in [1.807, 2.05) is 34.6 Å². The molecule has 0 unspecified atom stereocenters. The molecule has 1 aliphatic carbocycles. The Morgan fingerprint density at radius 3 is 2.24 bits per heavy atom. The molecule has 21 heavy (non-hydrogen) atoms. The highest BCUT2D eigenvalue weighted by molar-refractivity contribution is 6.27. The summed E-state index contributed by atoms with van der Waals surface area (Å²) in [5.41, 5.74) is 0.909. The van der Waals surface area contributed by atoms with Crippen LogP contribution in [0.4, 0.5) is 13.2 Å². The zero-order chi connectivity index (χ0) is 16.6. The zero-order valence-corrected chi connectivity index (χ0v) is 14.0. The quantitative estimate of drug-likeness (QED) is 0.686. The molecule has 0 aromatic carbocycles. The SMILES string of the molecule is CC1=C(N(CC(F)(F)F)C(=O)CCl)CC(C)(C)CC1(C)C.